The molecule has 2 aromatic heterocycles. The Balaban J connectivity index is 1.45. The van der Waals surface area contributed by atoms with Crippen molar-refractivity contribution < 1.29 is 4.79 Å². The highest BCUT2D eigenvalue weighted by Crippen LogP contribution is 2.35. The zero-order chi connectivity index (χ0) is 18.1. The molecule has 0 radical (unpaired) electrons. The van der Waals surface area contributed by atoms with Crippen molar-refractivity contribution in [1.82, 2.24) is 19.9 Å². The molecule has 1 aliphatic carbocycles. The molecule has 4 rings (SSSR count). The fraction of sp³-hybridized carbons (Fsp3) is 0.474. The Hall–Kier alpha value is -2.70. The second-order valence-corrected chi connectivity index (χ2v) is 7.11. The SMILES string of the molecule is Cc1cc(N(C2CC2)C2CCN(C(=O)c3cccc(=O)[nH]3)CC2)ncn1. The number of nitrogens with one attached hydrogen (secondary N) is 1. The van der Waals surface area contributed by atoms with Crippen LogP contribution in [0.15, 0.2) is 35.4 Å². The first-order valence-corrected chi connectivity index (χ1v) is 9.17. The van der Waals surface area contributed by atoms with Crippen LogP contribution in [-0.4, -0.2) is 50.9 Å². The summed E-state index contributed by atoms with van der Waals surface area (Å²) in [5, 5.41) is 0. The average Bonchev–Trinajstić information content (AvgIpc) is 3.47. The minimum atomic E-state index is -0.246. The molecule has 7 nitrogen and oxygen atoms in total. The summed E-state index contributed by atoms with van der Waals surface area (Å²) in [4.78, 5) is 39.6. The molecule has 2 aromatic rings. The first kappa shape index (κ1) is 16.8. The molecule has 2 fully saturated rings. The number of aromatic amines is 1. The van der Waals surface area contributed by atoms with E-state index in [1.165, 1.54) is 18.9 Å². The molecule has 1 saturated heterocycles. The topological polar surface area (TPSA) is 82.2 Å². The van der Waals surface area contributed by atoms with Gasteiger partial charge in [0.05, 0.1) is 0 Å². The predicted molar refractivity (Wildman–Crippen MR) is 98.3 cm³/mol. The van der Waals surface area contributed by atoms with Gasteiger partial charge in [-0.05, 0) is 38.7 Å². The highest BCUT2D eigenvalue weighted by Gasteiger charge is 2.37. The Morgan fingerprint density at radius 2 is 1.88 bits per heavy atom. The molecular weight excluding hydrogens is 330 g/mol. The highest BCUT2D eigenvalue weighted by molar-refractivity contribution is 5.92. The second-order valence-electron chi connectivity index (χ2n) is 7.11. The molecule has 0 unspecified atom stereocenters. The van der Waals surface area contributed by atoms with E-state index in [9.17, 15) is 9.59 Å². The van der Waals surface area contributed by atoms with E-state index in [0.29, 0.717) is 30.9 Å². The third kappa shape index (κ3) is 3.47. The molecule has 0 bridgehead atoms. The van der Waals surface area contributed by atoms with Crippen molar-refractivity contribution in [2.75, 3.05) is 18.0 Å². The minimum Gasteiger partial charge on any atom is -0.350 e. The number of amides is 1. The molecule has 0 aromatic carbocycles. The third-order valence-electron chi connectivity index (χ3n) is 5.14. The highest BCUT2D eigenvalue weighted by atomic mass is 16.2. The van der Waals surface area contributed by atoms with E-state index in [1.807, 2.05) is 17.9 Å². The zero-order valence-electron chi connectivity index (χ0n) is 14.9. The van der Waals surface area contributed by atoms with E-state index in [1.54, 1.807) is 18.5 Å². The van der Waals surface area contributed by atoms with Gasteiger partial charge in [-0.1, -0.05) is 6.07 Å². The fourth-order valence-electron chi connectivity index (χ4n) is 3.70. The number of hydrogen-bond acceptors (Lipinski definition) is 5. The van der Waals surface area contributed by atoms with Gasteiger partial charge in [-0.25, -0.2) is 9.97 Å². The van der Waals surface area contributed by atoms with E-state index < -0.39 is 0 Å². The molecule has 136 valence electrons. The number of piperidine rings is 1. The lowest BCUT2D eigenvalue weighted by Gasteiger charge is -2.39. The number of carbonyl (C=O) groups is 1. The molecule has 1 amide bonds. The Morgan fingerprint density at radius 3 is 2.54 bits per heavy atom. The van der Waals surface area contributed by atoms with Gasteiger partial charge in [-0.3, -0.25) is 9.59 Å². The minimum absolute atomic E-state index is 0.1000. The summed E-state index contributed by atoms with van der Waals surface area (Å²) in [6.07, 6.45) is 5.84. The van der Waals surface area contributed by atoms with Gasteiger partial charge in [0.1, 0.15) is 17.8 Å². The van der Waals surface area contributed by atoms with Crippen molar-refractivity contribution in [3.8, 4) is 0 Å². The van der Waals surface area contributed by atoms with E-state index in [0.717, 1.165) is 24.4 Å². The monoisotopic (exact) mass is 353 g/mol. The van der Waals surface area contributed by atoms with Crippen LogP contribution in [0.3, 0.4) is 0 Å². The number of anilines is 1. The van der Waals surface area contributed by atoms with E-state index in [-0.39, 0.29) is 11.5 Å². The molecule has 1 aliphatic heterocycles. The van der Waals surface area contributed by atoms with Crippen molar-refractivity contribution >= 4 is 11.7 Å². The van der Waals surface area contributed by atoms with Crippen molar-refractivity contribution in [2.24, 2.45) is 0 Å². The number of carbonyl (C=O) groups excluding carboxylic acids is 1. The number of nitrogens with zero attached hydrogens (tertiary/aromatic N) is 4. The zero-order valence-corrected chi connectivity index (χ0v) is 14.9. The summed E-state index contributed by atoms with van der Waals surface area (Å²) < 4.78 is 0. The lowest BCUT2D eigenvalue weighted by Crippen LogP contribution is -2.48. The van der Waals surface area contributed by atoms with E-state index in [2.05, 4.69) is 19.9 Å². The number of likely N-dealkylation sites (tertiary alicyclic amines) is 1. The second kappa shape index (κ2) is 6.90. The first-order valence-electron chi connectivity index (χ1n) is 9.17. The van der Waals surface area contributed by atoms with Gasteiger partial charge in [0.2, 0.25) is 5.56 Å². The van der Waals surface area contributed by atoms with Crippen LogP contribution in [0, 0.1) is 6.92 Å². The van der Waals surface area contributed by atoms with E-state index >= 15 is 0 Å². The van der Waals surface area contributed by atoms with Crippen molar-refractivity contribution in [3.63, 3.8) is 0 Å². The first-order chi connectivity index (χ1) is 12.6. The maximum absolute atomic E-state index is 12.6. The molecule has 0 spiro atoms. The summed E-state index contributed by atoms with van der Waals surface area (Å²) in [5.41, 5.74) is 1.09. The van der Waals surface area contributed by atoms with Gasteiger partial charge >= 0.3 is 0 Å². The molecule has 1 N–H and O–H groups in total. The van der Waals surface area contributed by atoms with Gasteiger partial charge in [0.25, 0.3) is 5.91 Å². The van der Waals surface area contributed by atoms with Crippen LogP contribution in [0.4, 0.5) is 5.82 Å². The van der Waals surface area contributed by atoms with Gasteiger partial charge in [0.15, 0.2) is 0 Å². The molecule has 7 heteroatoms. The number of aryl methyl sites for hydroxylation is 1. The van der Waals surface area contributed by atoms with Crippen molar-refractivity contribution in [1.29, 1.82) is 0 Å². The van der Waals surface area contributed by atoms with Crippen LogP contribution in [0.25, 0.3) is 0 Å². The van der Waals surface area contributed by atoms with Crippen molar-refractivity contribution in [3.05, 3.63) is 52.3 Å². The maximum Gasteiger partial charge on any atom is 0.270 e. The molecule has 2 aliphatic rings. The number of H-pyrrole nitrogens is 1. The molecular formula is C19H23N5O2. The molecule has 26 heavy (non-hydrogen) atoms. The van der Waals surface area contributed by atoms with Crippen LogP contribution < -0.4 is 10.5 Å². The third-order valence-corrected chi connectivity index (χ3v) is 5.14. The van der Waals surface area contributed by atoms with Crippen molar-refractivity contribution in [2.45, 2.75) is 44.7 Å². The lowest BCUT2D eigenvalue weighted by molar-refractivity contribution is 0.0705. The summed E-state index contributed by atoms with van der Waals surface area (Å²) in [6, 6.07) is 7.68. The fourth-order valence-corrected chi connectivity index (χ4v) is 3.70. The van der Waals surface area contributed by atoms with Crippen LogP contribution in [0.1, 0.15) is 41.9 Å². The van der Waals surface area contributed by atoms with E-state index in [4.69, 9.17) is 0 Å². The van der Waals surface area contributed by atoms with Gasteiger partial charge in [-0.15, -0.1) is 0 Å². The number of hydrogen-bond donors (Lipinski definition) is 1. The van der Waals surface area contributed by atoms with Gasteiger partial charge in [-0.2, -0.15) is 0 Å². The van der Waals surface area contributed by atoms with Gasteiger partial charge < -0.3 is 14.8 Å². The Morgan fingerprint density at radius 1 is 1.15 bits per heavy atom. The van der Waals surface area contributed by atoms with Gasteiger partial charge in [0, 0.05) is 43.0 Å². The summed E-state index contributed by atoms with van der Waals surface area (Å²) in [5.74, 6) is 0.897. The molecule has 3 heterocycles. The number of aromatic nitrogens is 3. The quantitative estimate of drug-likeness (QED) is 0.905. The lowest BCUT2D eigenvalue weighted by atomic mass is 10.0. The molecule has 1 saturated carbocycles. The Bertz CT molecular complexity index is 853. The Kier molecular flexibility index (Phi) is 4.44. The number of rotatable bonds is 4. The normalized spacial score (nSPS) is 18.0. The number of pyridine rings is 1. The van der Waals surface area contributed by atoms with Crippen LogP contribution in [0.5, 0.6) is 0 Å². The summed E-state index contributed by atoms with van der Waals surface area (Å²) in [7, 11) is 0. The largest absolute Gasteiger partial charge is 0.350 e. The van der Waals surface area contributed by atoms with Crippen LogP contribution in [-0.2, 0) is 0 Å². The summed E-state index contributed by atoms with van der Waals surface area (Å²) >= 11 is 0. The molecule has 0 atom stereocenters. The average molecular weight is 353 g/mol. The Labute approximate surface area is 152 Å². The maximum atomic E-state index is 12.6. The predicted octanol–water partition coefficient (Wildman–Crippen LogP) is 1.75. The van der Waals surface area contributed by atoms with Crippen LogP contribution in [0.2, 0.25) is 0 Å². The van der Waals surface area contributed by atoms with Crippen LogP contribution >= 0.6 is 0 Å². The standard InChI is InChI=1S/C19H23N5O2/c1-13-11-17(21-12-20-13)24(14-5-6-14)15-7-9-23(10-8-15)19(26)16-3-2-4-18(25)22-16/h2-4,11-12,14-15H,5-10H2,1H3,(H,22,25). The summed E-state index contributed by atoms with van der Waals surface area (Å²) in [6.45, 7) is 3.36. The smallest absolute Gasteiger partial charge is 0.270 e.